The molecule has 4 rings (SSSR count). The number of carbonyl (C=O) groups is 2. The molecule has 43 heavy (non-hydrogen) atoms. The molecule has 2 heterocycles. The first-order valence-electron chi connectivity index (χ1n) is 14.7. The van der Waals surface area contributed by atoms with Gasteiger partial charge in [0.15, 0.2) is 20.1 Å². The first-order valence-corrected chi connectivity index (χ1v) is 17.6. The number of ether oxygens (including phenoxy) is 1. The molecule has 2 N–H and O–H groups in total. The molecule has 0 radical (unpaired) electrons. The number of benzodiazepines with no additional fused rings is 1. The summed E-state index contributed by atoms with van der Waals surface area (Å²) in [7, 11) is -2.08. The predicted octanol–water partition coefficient (Wildman–Crippen LogP) is 5.75. The molecule has 0 amide bonds. The van der Waals surface area contributed by atoms with E-state index in [0.717, 1.165) is 11.1 Å². The monoisotopic (exact) mass is 600 g/mol. The van der Waals surface area contributed by atoms with Gasteiger partial charge in [0.25, 0.3) is 0 Å². The molecule has 2 atom stereocenters. The van der Waals surface area contributed by atoms with E-state index in [-0.39, 0.29) is 24.0 Å². The second kappa shape index (κ2) is 12.9. The van der Waals surface area contributed by atoms with Crippen molar-refractivity contribution in [2.24, 2.45) is 16.1 Å². The molecule has 228 valence electrons. The van der Waals surface area contributed by atoms with Crippen molar-refractivity contribution in [3.63, 3.8) is 0 Å². The number of hydrogen-bond donors (Lipinski definition) is 1. The van der Waals surface area contributed by atoms with Gasteiger partial charge < -0.3 is 19.8 Å². The van der Waals surface area contributed by atoms with E-state index < -0.39 is 31.9 Å². The topological polar surface area (TPSA) is 107 Å². The number of benzene rings is 2. The number of para-hydroxylation sites is 1. The molecule has 0 fully saturated rings. The molecule has 2 unspecified atom stereocenters. The van der Waals surface area contributed by atoms with Crippen LogP contribution in [-0.4, -0.2) is 56.1 Å². The van der Waals surface area contributed by atoms with Crippen LogP contribution in [0.4, 0.5) is 5.69 Å². The van der Waals surface area contributed by atoms with Gasteiger partial charge >= 0.3 is 5.97 Å². The van der Waals surface area contributed by atoms with Crippen LogP contribution in [0.15, 0.2) is 84.0 Å². The van der Waals surface area contributed by atoms with Crippen LogP contribution < -0.4 is 10.6 Å². The first-order chi connectivity index (χ1) is 20.2. The number of esters is 1. The molecular weight excluding hydrogens is 556 g/mol. The normalized spacial score (nSPS) is 17.5. The van der Waals surface area contributed by atoms with Gasteiger partial charge in [-0.15, -0.1) is 0 Å². The third kappa shape index (κ3) is 7.47. The fraction of sp³-hybridized carbons (Fsp3) is 0.412. The van der Waals surface area contributed by atoms with Gasteiger partial charge in [0, 0.05) is 29.5 Å². The van der Waals surface area contributed by atoms with Crippen molar-refractivity contribution in [3.05, 3.63) is 95.8 Å². The second-order valence-corrected chi connectivity index (χ2v) is 18.0. The Hall–Kier alpha value is -3.66. The fourth-order valence-electron chi connectivity index (χ4n) is 4.47. The Morgan fingerprint density at radius 2 is 1.58 bits per heavy atom. The van der Waals surface area contributed by atoms with Crippen molar-refractivity contribution in [1.29, 1.82) is 0 Å². The van der Waals surface area contributed by atoms with Crippen LogP contribution in [0.2, 0.25) is 18.1 Å². The first kappa shape index (κ1) is 32.3. The Balaban J connectivity index is 1.68. The van der Waals surface area contributed by atoms with Gasteiger partial charge in [-0.3, -0.25) is 14.8 Å². The SMILES string of the molecule is CC(C)(CO[Si](C)(C)C(C)(C)C)C(=O)CN1c2ccccc2C(c2ccccn2)=NC(C(=O)OCc2ccccc2)C1N. The summed E-state index contributed by atoms with van der Waals surface area (Å²) in [6.07, 6.45) is 0.715. The summed E-state index contributed by atoms with van der Waals surface area (Å²) < 4.78 is 12.2. The van der Waals surface area contributed by atoms with Crippen molar-refractivity contribution >= 4 is 31.5 Å². The lowest BCUT2D eigenvalue weighted by atomic mass is 9.88. The van der Waals surface area contributed by atoms with Crippen LogP contribution in [-0.2, 0) is 25.4 Å². The predicted molar refractivity (Wildman–Crippen MR) is 174 cm³/mol. The molecule has 1 aliphatic rings. The average molecular weight is 601 g/mol. The molecule has 3 aromatic rings. The number of ketones is 1. The van der Waals surface area contributed by atoms with Gasteiger partial charge in [-0.25, -0.2) is 4.79 Å². The molecule has 0 bridgehead atoms. The summed E-state index contributed by atoms with van der Waals surface area (Å²) in [6.45, 7) is 15.0. The van der Waals surface area contributed by atoms with Crippen molar-refractivity contribution in [3.8, 4) is 0 Å². The zero-order chi connectivity index (χ0) is 31.4. The van der Waals surface area contributed by atoms with Crippen LogP contribution in [0.1, 0.15) is 51.4 Å². The molecule has 0 saturated carbocycles. The highest BCUT2D eigenvalue weighted by Gasteiger charge is 2.42. The molecule has 1 aromatic heterocycles. The van der Waals surface area contributed by atoms with Crippen LogP contribution in [0.5, 0.6) is 0 Å². The summed E-state index contributed by atoms with van der Waals surface area (Å²) >= 11 is 0. The van der Waals surface area contributed by atoms with Gasteiger partial charge in [-0.2, -0.15) is 0 Å². The number of pyridine rings is 1. The Morgan fingerprint density at radius 1 is 0.930 bits per heavy atom. The van der Waals surface area contributed by atoms with Gasteiger partial charge in [0.05, 0.1) is 18.0 Å². The number of hydrogen-bond acceptors (Lipinski definition) is 8. The lowest BCUT2D eigenvalue weighted by Gasteiger charge is -2.39. The number of fused-ring (bicyclic) bond motifs is 1. The van der Waals surface area contributed by atoms with Gasteiger partial charge in [-0.05, 0) is 41.9 Å². The minimum absolute atomic E-state index is 0.0186. The van der Waals surface area contributed by atoms with E-state index in [9.17, 15) is 9.59 Å². The summed E-state index contributed by atoms with van der Waals surface area (Å²) in [4.78, 5) is 38.8. The Morgan fingerprint density at radius 3 is 2.23 bits per heavy atom. The quantitative estimate of drug-likeness (QED) is 0.233. The molecule has 0 saturated heterocycles. The smallest absolute Gasteiger partial charge is 0.334 e. The van der Waals surface area contributed by atoms with E-state index in [1.54, 1.807) is 11.1 Å². The minimum atomic E-state index is -2.08. The number of nitrogens with zero attached hydrogens (tertiary/aromatic N) is 3. The molecule has 0 spiro atoms. The lowest BCUT2D eigenvalue weighted by molar-refractivity contribution is -0.147. The Labute approximate surface area is 256 Å². The van der Waals surface area contributed by atoms with Crippen LogP contribution in [0.3, 0.4) is 0 Å². The highest BCUT2D eigenvalue weighted by Crippen LogP contribution is 2.38. The molecule has 9 heteroatoms. The number of carbonyl (C=O) groups excluding carboxylic acids is 2. The fourth-order valence-corrected chi connectivity index (χ4v) is 5.63. The number of Topliss-reactive ketones (excluding diaryl/α,β-unsaturated/α-hetero) is 1. The summed E-state index contributed by atoms with van der Waals surface area (Å²) in [6, 6.07) is 21.5. The number of nitrogens with two attached hydrogens (primary N) is 1. The van der Waals surface area contributed by atoms with Crippen molar-refractivity contribution in [2.75, 3.05) is 18.1 Å². The van der Waals surface area contributed by atoms with Crippen LogP contribution >= 0.6 is 0 Å². The van der Waals surface area contributed by atoms with Crippen molar-refractivity contribution in [1.82, 2.24) is 4.98 Å². The van der Waals surface area contributed by atoms with E-state index in [1.807, 2.05) is 86.6 Å². The van der Waals surface area contributed by atoms with E-state index in [0.29, 0.717) is 23.7 Å². The molecule has 1 aliphatic heterocycles. The molecule has 8 nitrogen and oxygen atoms in total. The Kier molecular flexibility index (Phi) is 9.69. The van der Waals surface area contributed by atoms with Crippen molar-refractivity contribution in [2.45, 2.75) is 71.6 Å². The summed E-state index contributed by atoms with van der Waals surface area (Å²) in [5, 5.41) is 0.0186. The number of aromatic nitrogens is 1. The van der Waals surface area contributed by atoms with Gasteiger partial charge in [0.1, 0.15) is 12.8 Å². The maximum Gasteiger partial charge on any atom is 0.334 e. The third-order valence-electron chi connectivity index (χ3n) is 8.46. The van der Waals surface area contributed by atoms with E-state index in [4.69, 9.17) is 19.9 Å². The maximum atomic E-state index is 14.0. The van der Waals surface area contributed by atoms with Crippen molar-refractivity contribution < 1.29 is 18.8 Å². The highest BCUT2D eigenvalue weighted by molar-refractivity contribution is 6.74. The molecule has 2 aromatic carbocycles. The zero-order valence-corrected chi connectivity index (χ0v) is 27.3. The zero-order valence-electron chi connectivity index (χ0n) is 26.3. The van der Waals surface area contributed by atoms with Gasteiger partial charge in [0.2, 0.25) is 0 Å². The number of aliphatic imine (C=N–C) groups is 1. The average Bonchev–Trinajstić information content (AvgIpc) is 3.10. The largest absolute Gasteiger partial charge is 0.459 e. The molecule has 0 aliphatic carbocycles. The minimum Gasteiger partial charge on any atom is -0.459 e. The molecular formula is C34H44N4O4Si. The standard InChI is InChI=1S/C34H44N4O4Si/c1-33(2,3)43(6,7)42-23-34(4,5)28(39)21-38-27-19-12-11-17-25(27)29(26-18-13-14-20-36-26)37-30(31(38)35)32(40)41-22-24-15-9-8-10-16-24/h8-20,30-31H,21-23,35H2,1-7H3. The number of rotatable bonds is 10. The summed E-state index contributed by atoms with van der Waals surface area (Å²) in [5.41, 5.74) is 9.48. The van der Waals surface area contributed by atoms with E-state index in [2.05, 4.69) is 38.8 Å². The third-order valence-corrected chi connectivity index (χ3v) is 12.9. The highest BCUT2D eigenvalue weighted by atomic mass is 28.4. The Bertz CT molecular complexity index is 1450. The lowest BCUT2D eigenvalue weighted by Crippen LogP contribution is -2.55. The second-order valence-electron chi connectivity index (χ2n) is 13.2. The van der Waals surface area contributed by atoms with Gasteiger partial charge in [-0.1, -0.05) is 89.2 Å². The van der Waals surface area contributed by atoms with Crippen LogP contribution in [0, 0.1) is 5.41 Å². The van der Waals surface area contributed by atoms with Crippen LogP contribution in [0.25, 0.3) is 0 Å². The summed E-state index contributed by atoms with van der Waals surface area (Å²) in [5.74, 6) is -0.621. The van der Waals surface area contributed by atoms with E-state index >= 15 is 0 Å². The maximum absolute atomic E-state index is 14.0. The number of anilines is 1. The van der Waals surface area contributed by atoms with E-state index in [1.165, 1.54) is 0 Å².